The Morgan fingerprint density at radius 2 is 1.34 bits per heavy atom. The van der Waals surface area contributed by atoms with Crippen molar-refractivity contribution in [1.29, 1.82) is 0 Å². The summed E-state index contributed by atoms with van der Waals surface area (Å²) in [4.78, 5) is 232. The number of likely N-dealkylation sites (tertiary alicyclic amines) is 4. The van der Waals surface area contributed by atoms with Crippen LogP contribution in [0.1, 0.15) is 181 Å². The molecule has 48 heteroatoms. The van der Waals surface area contributed by atoms with Gasteiger partial charge in [0.2, 0.25) is 53.2 Å². The van der Waals surface area contributed by atoms with Crippen molar-refractivity contribution in [3.63, 3.8) is 0 Å². The van der Waals surface area contributed by atoms with Crippen LogP contribution in [-0.2, 0) is 95.5 Å². The first kappa shape index (κ1) is 102. The third kappa shape index (κ3) is 26.2. The number of aliphatic hydroxyl groups is 1. The number of carboxylic acids is 3. The number of nitrogens with two attached hydrogens (primary N) is 1. The summed E-state index contributed by atoms with van der Waals surface area (Å²) in [6.07, 6.45) is 4.31. The number of fused-ring (bicyclic) bond motifs is 6. The molecule has 132 heavy (non-hydrogen) atoms. The average molecular weight is 1940 g/mol. The number of hydrogen-bond donors (Lipinski definition) is 14. The number of carbonyl (C=O) groups excluding carboxylic acids is 10. The van der Waals surface area contributed by atoms with E-state index in [9.17, 15) is 106 Å². The van der Waals surface area contributed by atoms with E-state index in [1.165, 1.54) is 48.1 Å². The van der Waals surface area contributed by atoms with Gasteiger partial charge < -0.3 is 111 Å². The zero-order chi connectivity index (χ0) is 95.8. The number of nitrogens with one attached hydrogen (secondary N) is 5. The minimum atomic E-state index is -5.93. The van der Waals surface area contributed by atoms with Gasteiger partial charge in [-0.3, -0.25) is 67.4 Å². The molecule has 2 aromatic carbocycles. The van der Waals surface area contributed by atoms with E-state index in [-0.39, 0.29) is 162 Å². The Kier molecular flexibility index (Phi) is 35.3. The Balaban J connectivity index is 0.667. The molecule has 1 aliphatic carbocycles. The van der Waals surface area contributed by atoms with E-state index in [0.29, 0.717) is 57.2 Å². The molecular weight excluding hydrogens is 1830 g/mol. The van der Waals surface area contributed by atoms with E-state index in [0.717, 1.165) is 57.2 Å². The number of ether oxygens (including phenoxy) is 2. The summed E-state index contributed by atoms with van der Waals surface area (Å²) in [5.74, 6) is -5.23. The number of phosphoric acid groups is 3. The summed E-state index contributed by atoms with van der Waals surface area (Å²) in [6, 6.07) is 2.46. The maximum absolute atomic E-state index is 15.0. The first-order valence-electron chi connectivity index (χ1n) is 43.6. The molecule has 0 aromatic heterocycles. The number of benzene rings is 2. The molecule has 8 aliphatic heterocycles. The van der Waals surface area contributed by atoms with Gasteiger partial charge in [-0.2, -0.15) is 8.62 Å². The third-order valence-electron chi connectivity index (χ3n) is 23.7. The fraction of sp³-hybridized carbons (Fsp3) is 0.560. The molecule has 718 valence electrons. The number of aliphatic imine (C=N–C) groups is 2. The van der Waals surface area contributed by atoms with Crippen LogP contribution < -0.4 is 37.1 Å². The number of unbranched alkanes of at least 4 members (excludes halogenated alkanes) is 1. The highest BCUT2D eigenvalue weighted by Gasteiger charge is 2.53. The number of phosphoric ester groups is 1. The molecule has 10 amide bonds. The maximum atomic E-state index is 15.0. The van der Waals surface area contributed by atoms with Crippen LogP contribution in [-0.4, -0.2) is 290 Å². The number of amides is 10. The van der Waals surface area contributed by atoms with Crippen LogP contribution in [0.3, 0.4) is 0 Å². The van der Waals surface area contributed by atoms with Crippen molar-refractivity contribution < 1.29 is 139 Å². The summed E-state index contributed by atoms with van der Waals surface area (Å²) in [7, 11) is -13.2. The average Bonchev–Trinajstić information content (AvgIpc) is 1.10. The highest BCUT2D eigenvalue weighted by atomic mass is 33.1. The topological polar surface area (TPSA) is 611 Å². The number of hydrogen-bond acceptors (Lipinski definition) is 28. The monoisotopic (exact) mass is 1940 g/mol. The van der Waals surface area contributed by atoms with Gasteiger partial charge in [0.25, 0.3) is 5.91 Å². The van der Waals surface area contributed by atoms with Gasteiger partial charge in [-0.1, -0.05) is 77.1 Å². The maximum Gasteiger partial charge on any atom is 0.536 e. The van der Waals surface area contributed by atoms with Crippen LogP contribution in [0.4, 0.5) is 0 Å². The molecule has 2 bridgehead atoms. The lowest BCUT2D eigenvalue weighted by molar-refractivity contribution is -0.148. The van der Waals surface area contributed by atoms with Crippen LogP contribution in [0, 0.1) is 24.7 Å². The molecule has 5 saturated heterocycles. The molecule has 0 radical (unpaired) electrons. The molecular formula is C84H111N14O29P3S2. The molecule has 0 saturated carbocycles. The Bertz CT molecular complexity index is 5230. The van der Waals surface area contributed by atoms with Crippen molar-refractivity contribution in [2.45, 2.75) is 223 Å². The van der Waals surface area contributed by atoms with E-state index in [1.807, 2.05) is 49.5 Å². The second-order valence-electron chi connectivity index (χ2n) is 33.1. The molecule has 0 spiro atoms. The van der Waals surface area contributed by atoms with E-state index in [1.54, 1.807) is 16.8 Å². The van der Waals surface area contributed by atoms with E-state index in [2.05, 4.69) is 78.8 Å². The number of amidine groups is 1. The van der Waals surface area contributed by atoms with Gasteiger partial charge in [-0.15, -0.1) is 0 Å². The molecule has 11 rings (SSSR count). The Labute approximate surface area is 768 Å². The Morgan fingerprint density at radius 1 is 0.720 bits per heavy atom. The van der Waals surface area contributed by atoms with Crippen LogP contribution >= 0.6 is 45.1 Å². The predicted octanol–water partition coefficient (Wildman–Crippen LogP) is 3.82. The lowest BCUT2D eigenvalue weighted by Crippen LogP contribution is -2.58. The molecule has 15 N–H and O–H groups in total. The van der Waals surface area contributed by atoms with Crippen LogP contribution in [0.15, 0.2) is 93.2 Å². The molecule has 5 fully saturated rings. The lowest BCUT2D eigenvalue weighted by atomic mass is 9.72. The van der Waals surface area contributed by atoms with Gasteiger partial charge in [0.15, 0.2) is 11.6 Å². The van der Waals surface area contributed by atoms with Gasteiger partial charge in [-0.05, 0) is 139 Å². The van der Waals surface area contributed by atoms with E-state index >= 15 is 0 Å². The number of carbonyl (C=O) groups is 13. The number of carboxylic acid groups (broad SMARTS) is 3. The van der Waals surface area contributed by atoms with Crippen molar-refractivity contribution in [2.24, 2.45) is 21.6 Å². The number of allylic oxidation sites excluding steroid dienone is 3. The fourth-order valence-electron chi connectivity index (χ4n) is 17.5. The molecule has 43 nitrogen and oxygen atoms in total. The summed E-state index contributed by atoms with van der Waals surface area (Å²) in [6.45, 7) is 9.64. The summed E-state index contributed by atoms with van der Waals surface area (Å²) in [5.41, 5.74) is 12.7. The van der Waals surface area contributed by atoms with Gasteiger partial charge in [-0.25, -0.2) is 23.5 Å². The number of nitrogens with zero attached hydrogens (tertiary/aromatic N) is 8. The van der Waals surface area contributed by atoms with Gasteiger partial charge in [0.1, 0.15) is 72.0 Å². The quantitative estimate of drug-likeness (QED) is 0.0194. The van der Waals surface area contributed by atoms with Crippen LogP contribution in [0.2, 0.25) is 0 Å². The smallest absolute Gasteiger partial charge is 0.481 e. The highest BCUT2D eigenvalue weighted by molar-refractivity contribution is 8.76. The zero-order valence-electron chi connectivity index (χ0n) is 73.3. The molecule has 14 atom stereocenters. The van der Waals surface area contributed by atoms with Gasteiger partial charge in [0.05, 0.1) is 36.8 Å². The van der Waals surface area contributed by atoms with Crippen molar-refractivity contribution in [3.8, 4) is 17.6 Å². The van der Waals surface area contributed by atoms with E-state index in [4.69, 9.17) is 34.5 Å². The van der Waals surface area contributed by atoms with Crippen molar-refractivity contribution in [1.82, 2.24) is 56.0 Å². The summed E-state index contributed by atoms with van der Waals surface area (Å²) < 4.78 is 60.9. The summed E-state index contributed by atoms with van der Waals surface area (Å²) >= 11 is 0. The van der Waals surface area contributed by atoms with Crippen LogP contribution in [0.25, 0.3) is 0 Å². The zero-order valence-corrected chi connectivity index (χ0v) is 77.6. The minimum absolute atomic E-state index is 0.00479. The molecule has 2 aromatic rings. The molecule has 9 aliphatic rings. The second-order valence-corrected chi connectivity index (χ2v) is 40.1. The minimum Gasteiger partial charge on any atom is -0.481 e. The van der Waals surface area contributed by atoms with Crippen molar-refractivity contribution in [3.05, 3.63) is 111 Å². The van der Waals surface area contributed by atoms with Crippen molar-refractivity contribution >= 4 is 134 Å². The van der Waals surface area contributed by atoms with Crippen molar-refractivity contribution in [2.75, 3.05) is 70.9 Å². The first-order valence-corrected chi connectivity index (χ1v) is 50.6. The first-order chi connectivity index (χ1) is 62.6. The second kappa shape index (κ2) is 45.6. The number of aliphatic carboxylic acids is 3. The normalized spacial score (nSPS) is 23.2. The number of rotatable bonds is 42. The predicted molar refractivity (Wildman–Crippen MR) is 475 cm³/mol. The molecule has 12 unspecified atom stereocenters. The SMILES string of the molecule is CCCc1cc2c(cc1C)C(c1ccccc1C(=O)N(C)CCCC(=O)N1CCCC1C(=O)N1CCCC1C(=O)NCCCCC(NC(=O)C1CCCN1C(=O)CCSSCCC(=O)NCC#CC1=CN3C(=C(OP(=O)(O)OP(=O)(O)OP(=O)(O)O)[C@H]4O[C@@H]3CC4O)N=C1N)C(=O)N1CCCC1C(=O)NC(CC(=O)O)C(=O)NC(CC(=O)O)C(=O)O)C1C=C(C)C(=NCC)C=C1O2. The van der Waals surface area contributed by atoms with Crippen LogP contribution in [0.5, 0.6) is 5.75 Å². The number of aliphatic hydroxyl groups excluding tert-OH is 1. The number of aryl methyl sites for hydroxylation is 2. The Hall–Kier alpha value is -10.3. The highest BCUT2D eigenvalue weighted by Crippen LogP contribution is 2.67. The van der Waals surface area contributed by atoms with Gasteiger partial charge in [0, 0.05) is 125 Å². The lowest BCUT2D eigenvalue weighted by Gasteiger charge is -2.38. The largest absolute Gasteiger partial charge is 0.536 e. The Morgan fingerprint density at radius 3 is 2.01 bits per heavy atom. The standard InChI is InChI=1S/C84H111N14O29P3S2/c1-6-18-49-41-64-53(39-47(49)3)72(54-40-48(4)56(86-7-2)42-65(54)123-64)51-20-8-9-21-52(51)81(111)93(5)32-17-27-67(101)95-34-16-26-62(95)83(113)97-36-14-23-59(97)78(108)88-30-11-10-22-55(82(112)96-35-15-25-61(96)80(110)90-57(43-70(103)104)77(107)91-58(84(114)115)44-71(105)106)89-79(109)60-24-13-33-94(60)68(102)29-38-132-131-37-28-66(100)87-31-12-19-50-46-98-69-45-63(99)73(124-69)74(76(98)92-75(50)85)125-129(119,120)127-130(121,122)126-128(116,117)118/h8-9,20-21,39-42,46,54-55,57-63,69,72-73,99H,6-7,10-11,13-18,22-38,43-45H2,1-5H3,(H2,85,92)(H,87,100)(H,88,108)(H,89,109)(H,90,110)(H,91,107)(H,103,104)(H,105,106)(H,114,115)(H,119,120)(H,121,122)(H2,116,117,118)/t54?,55?,57?,58?,59?,60?,61?,62?,63?,69-,72?,73+/m1/s1. The van der Waals surface area contributed by atoms with E-state index < -0.39 is 162 Å². The third-order valence-corrected chi connectivity index (χ3v) is 29.9. The molecule has 8 heterocycles. The fourth-order valence-corrected chi connectivity index (χ4v) is 22.6. The van der Waals surface area contributed by atoms with Gasteiger partial charge >= 0.3 is 41.4 Å². The summed E-state index contributed by atoms with van der Waals surface area (Å²) in [5, 5.41) is 51.9.